The van der Waals surface area contributed by atoms with Crippen LogP contribution < -0.4 is 11.4 Å². The lowest BCUT2D eigenvalue weighted by Gasteiger charge is -2.29. The summed E-state index contributed by atoms with van der Waals surface area (Å²) in [5, 5.41) is 16.2. The third kappa shape index (κ3) is 3.87. The van der Waals surface area contributed by atoms with Crippen LogP contribution in [0.3, 0.4) is 0 Å². The summed E-state index contributed by atoms with van der Waals surface area (Å²) in [5.41, 5.74) is 7.35. The normalized spacial score (nSPS) is 20.0. The van der Waals surface area contributed by atoms with Crippen LogP contribution in [-0.2, 0) is 11.3 Å². The lowest BCUT2D eigenvalue weighted by atomic mass is 9.81. The minimum Gasteiger partial charge on any atom is -0.481 e. The molecule has 26 heavy (non-hydrogen) atoms. The van der Waals surface area contributed by atoms with Gasteiger partial charge in [-0.15, -0.1) is 0 Å². The zero-order chi connectivity index (χ0) is 18.7. The van der Waals surface area contributed by atoms with Gasteiger partial charge in [0.25, 0.3) is 0 Å². The number of hydrogen-bond donors (Lipinski definition) is 3. The molecule has 4 N–H and O–H groups in total. The van der Waals surface area contributed by atoms with Crippen LogP contribution in [0, 0.1) is 5.41 Å². The van der Waals surface area contributed by atoms with Gasteiger partial charge in [-0.3, -0.25) is 19.3 Å². The fraction of sp³-hybridized carbons (Fsp3) is 0.421. The van der Waals surface area contributed by atoms with Gasteiger partial charge in [0.15, 0.2) is 0 Å². The van der Waals surface area contributed by atoms with E-state index in [1.165, 1.54) is 10.1 Å². The molecule has 0 saturated heterocycles. The SMILES string of the molecule is N=C(N)c1ccc(C2CCC(n3ccn(CCC(=O)O)c3=O)CC2)cc1. The van der Waals surface area contributed by atoms with Crippen molar-refractivity contribution in [2.45, 2.75) is 50.6 Å². The van der Waals surface area contributed by atoms with Crippen LogP contribution in [-0.4, -0.2) is 26.0 Å². The number of aryl methyl sites for hydroxylation is 1. The Morgan fingerprint density at radius 1 is 1.15 bits per heavy atom. The predicted octanol–water partition coefficient (Wildman–Crippen LogP) is 2.31. The van der Waals surface area contributed by atoms with Gasteiger partial charge in [0.05, 0.1) is 6.42 Å². The van der Waals surface area contributed by atoms with Crippen LogP contribution in [0.25, 0.3) is 0 Å². The molecule has 138 valence electrons. The third-order valence-corrected chi connectivity index (χ3v) is 5.22. The number of carbonyl (C=O) groups is 1. The highest BCUT2D eigenvalue weighted by molar-refractivity contribution is 5.94. The Labute approximate surface area is 151 Å². The summed E-state index contributed by atoms with van der Waals surface area (Å²) in [6, 6.07) is 8.02. The number of carboxylic acids is 1. The van der Waals surface area contributed by atoms with E-state index in [2.05, 4.69) is 0 Å². The molecule has 1 aromatic carbocycles. The lowest BCUT2D eigenvalue weighted by Crippen LogP contribution is -2.29. The van der Waals surface area contributed by atoms with Gasteiger partial charge in [0.1, 0.15) is 5.84 Å². The van der Waals surface area contributed by atoms with Crippen LogP contribution in [0.5, 0.6) is 0 Å². The second kappa shape index (κ2) is 7.59. The number of amidine groups is 1. The molecule has 0 bridgehead atoms. The van der Waals surface area contributed by atoms with Gasteiger partial charge in [-0.05, 0) is 37.2 Å². The highest BCUT2D eigenvalue weighted by Gasteiger charge is 2.24. The first-order valence-corrected chi connectivity index (χ1v) is 8.89. The Bertz CT molecular complexity index is 842. The second-order valence-corrected chi connectivity index (χ2v) is 6.87. The molecule has 2 aromatic rings. The molecule has 0 unspecified atom stereocenters. The highest BCUT2D eigenvalue weighted by Crippen LogP contribution is 2.37. The van der Waals surface area contributed by atoms with Crippen molar-refractivity contribution in [1.82, 2.24) is 9.13 Å². The van der Waals surface area contributed by atoms with Crippen molar-refractivity contribution in [3.05, 3.63) is 58.3 Å². The monoisotopic (exact) mass is 356 g/mol. The fourth-order valence-electron chi connectivity index (χ4n) is 3.71. The molecule has 0 spiro atoms. The Morgan fingerprint density at radius 2 is 1.81 bits per heavy atom. The van der Waals surface area contributed by atoms with Gasteiger partial charge in [-0.2, -0.15) is 0 Å². The van der Waals surface area contributed by atoms with Gasteiger partial charge in [-0.25, -0.2) is 4.79 Å². The predicted molar refractivity (Wildman–Crippen MR) is 98.6 cm³/mol. The zero-order valence-electron chi connectivity index (χ0n) is 14.6. The molecule has 0 atom stereocenters. The van der Waals surface area contributed by atoms with Crippen molar-refractivity contribution in [1.29, 1.82) is 5.41 Å². The second-order valence-electron chi connectivity index (χ2n) is 6.87. The van der Waals surface area contributed by atoms with Crippen LogP contribution >= 0.6 is 0 Å². The van der Waals surface area contributed by atoms with Crippen molar-refractivity contribution < 1.29 is 9.90 Å². The number of carboxylic acid groups (broad SMARTS) is 1. The van der Waals surface area contributed by atoms with Crippen molar-refractivity contribution in [2.24, 2.45) is 5.73 Å². The molecule has 1 aliphatic rings. The van der Waals surface area contributed by atoms with Gasteiger partial charge in [0.2, 0.25) is 0 Å². The van der Waals surface area contributed by atoms with Crippen molar-refractivity contribution in [3.63, 3.8) is 0 Å². The maximum Gasteiger partial charge on any atom is 0.328 e. The summed E-state index contributed by atoms with van der Waals surface area (Å²) in [7, 11) is 0. The van der Waals surface area contributed by atoms with Crippen LogP contribution in [0.2, 0.25) is 0 Å². The summed E-state index contributed by atoms with van der Waals surface area (Å²) in [5.74, 6) is -0.370. The average molecular weight is 356 g/mol. The molecule has 1 aromatic heterocycles. The molecule has 1 heterocycles. The molecule has 1 fully saturated rings. The maximum atomic E-state index is 12.4. The number of nitrogens with zero attached hydrogens (tertiary/aromatic N) is 2. The zero-order valence-corrected chi connectivity index (χ0v) is 14.6. The molecule has 3 rings (SSSR count). The van der Waals surface area contributed by atoms with E-state index >= 15 is 0 Å². The number of benzene rings is 1. The number of imidazole rings is 1. The van der Waals surface area contributed by atoms with E-state index in [0.29, 0.717) is 5.92 Å². The van der Waals surface area contributed by atoms with Crippen LogP contribution in [0.4, 0.5) is 0 Å². The summed E-state index contributed by atoms with van der Waals surface area (Å²) in [4.78, 5) is 23.1. The highest BCUT2D eigenvalue weighted by atomic mass is 16.4. The van der Waals surface area contributed by atoms with E-state index in [1.54, 1.807) is 17.0 Å². The van der Waals surface area contributed by atoms with Gasteiger partial charge >= 0.3 is 11.7 Å². The molecule has 0 amide bonds. The molecular formula is C19H24N4O3. The standard InChI is InChI=1S/C19H24N4O3/c20-18(21)15-3-1-13(2-4-15)14-5-7-16(8-6-14)23-12-11-22(19(23)26)10-9-17(24)25/h1-4,11-12,14,16H,5-10H2,(H3,20,21)(H,24,25). The quantitative estimate of drug-likeness (QED) is 0.544. The van der Waals surface area contributed by atoms with E-state index in [-0.39, 0.29) is 30.5 Å². The summed E-state index contributed by atoms with van der Waals surface area (Å²) < 4.78 is 3.22. The molecule has 1 aliphatic carbocycles. The Morgan fingerprint density at radius 3 is 2.38 bits per heavy atom. The number of nitrogen functional groups attached to an aromatic ring is 1. The van der Waals surface area contributed by atoms with E-state index < -0.39 is 5.97 Å². The van der Waals surface area contributed by atoms with Gasteiger partial charge in [0, 0.05) is 30.5 Å². The Kier molecular flexibility index (Phi) is 5.25. The van der Waals surface area contributed by atoms with E-state index in [4.69, 9.17) is 16.2 Å². The molecule has 7 nitrogen and oxygen atoms in total. The third-order valence-electron chi connectivity index (χ3n) is 5.22. The fourth-order valence-corrected chi connectivity index (χ4v) is 3.71. The minimum atomic E-state index is -0.902. The smallest absolute Gasteiger partial charge is 0.328 e. The van der Waals surface area contributed by atoms with Crippen molar-refractivity contribution in [3.8, 4) is 0 Å². The summed E-state index contributed by atoms with van der Waals surface area (Å²) >= 11 is 0. The van der Waals surface area contributed by atoms with Gasteiger partial charge < -0.3 is 10.8 Å². The molecule has 1 saturated carbocycles. The summed E-state index contributed by atoms with van der Waals surface area (Å²) in [6.07, 6.45) is 7.24. The Hall–Kier alpha value is -2.83. The average Bonchev–Trinajstić information content (AvgIpc) is 3.01. The first-order valence-electron chi connectivity index (χ1n) is 8.89. The first-order chi connectivity index (χ1) is 12.5. The van der Waals surface area contributed by atoms with E-state index in [9.17, 15) is 9.59 Å². The van der Waals surface area contributed by atoms with Crippen molar-refractivity contribution in [2.75, 3.05) is 0 Å². The molecule has 7 heteroatoms. The molecule has 0 aliphatic heterocycles. The van der Waals surface area contributed by atoms with E-state index in [0.717, 1.165) is 31.2 Å². The number of aromatic nitrogens is 2. The first kappa shape index (κ1) is 18.0. The van der Waals surface area contributed by atoms with Crippen LogP contribution in [0.1, 0.15) is 55.2 Å². The lowest BCUT2D eigenvalue weighted by molar-refractivity contribution is -0.137. The topological polar surface area (TPSA) is 114 Å². The number of nitrogens with one attached hydrogen (secondary N) is 1. The Balaban J connectivity index is 1.62. The van der Waals surface area contributed by atoms with Crippen molar-refractivity contribution >= 4 is 11.8 Å². The van der Waals surface area contributed by atoms with E-state index in [1.807, 2.05) is 24.3 Å². The number of rotatable bonds is 6. The van der Waals surface area contributed by atoms with Crippen LogP contribution in [0.15, 0.2) is 41.5 Å². The summed E-state index contributed by atoms with van der Waals surface area (Å²) in [6.45, 7) is 0.207. The van der Waals surface area contributed by atoms with Gasteiger partial charge in [-0.1, -0.05) is 24.3 Å². The molecule has 0 radical (unpaired) electrons. The largest absolute Gasteiger partial charge is 0.481 e. The number of nitrogens with two attached hydrogens (primary N) is 1. The molecular weight excluding hydrogens is 332 g/mol. The minimum absolute atomic E-state index is 0.0487. The number of hydrogen-bond acceptors (Lipinski definition) is 3. The maximum absolute atomic E-state index is 12.4. The number of aliphatic carboxylic acids is 1.